The van der Waals surface area contributed by atoms with Crippen LogP contribution in [0, 0.1) is 0 Å². The van der Waals surface area contributed by atoms with E-state index in [9.17, 15) is 4.79 Å². The quantitative estimate of drug-likeness (QED) is 0.876. The number of nitrogens with zero attached hydrogens (tertiary/aromatic N) is 1. The van der Waals surface area contributed by atoms with E-state index in [-0.39, 0.29) is 5.91 Å². The highest BCUT2D eigenvalue weighted by Gasteiger charge is 2.22. The Morgan fingerprint density at radius 3 is 2.75 bits per heavy atom. The van der Waals surface area contributed by atoms with E-state index in [1.54, 1.807) is 6.07 Å². The molecule has 1 heterocycles. The number of hydrogen-bond donors (Lipinski definition) is 2. The smallest absolute Gasteiger partial charge is 0.270 e. The molecule has 1 aliphatic carbocycles. The first kappa shape index (κ1) is 15.2. The van der Waals surface area contributed by atoms with E-state index in [2.05, 4.69) is 21.9 Å². The standard InChI is InChI=1S/C15H23N3OS/c1-3-16-14-6-4-5-13(18-14)15(19)17-11-7-9-12(20-2)10-8-11/h4-6,11-12H,3,7-10H2,1-2H3,(H,16,18)(H,17,19). The van der Waals surface area contributed by atoms with E-state index >= 15 is 0 Å². The Hall–Kier alpha value is -1.23. The molecule has 4 nitrogen and oxygen atoms in total. The lowest BCUT2D eigenvalue weighted by Gasteiger charge is -2.27. The molecule has 0 saturated heterocycles. The minimum absolute atomic E-state index is 0.0580. The van der Waals surface area contributed by atoms with Crippen LogP contribution in [0.2, 0.25) is 0 Å². The molecule has 0 bridgehead atoms. The molecule has 1 saturated carbocycles. The number of carbonyl (C=O) groups excluding carboxylic acids is 1. The van der Waals surface area contributed by atoms with E-state index in [0.717, 1.165) is 30.5 Å². The summed E-state index contributed by atoms with van der Waals surface area (Å²) in [5.74, 6) is 0.698. The van der Waals surface area contributed by atoms with Gasteiger partial charge in [-0.15, -0.1) is 0 Å². The maximum atomic E-state index is 12.2. The van der Waals surface area contributed by atoms with Crippen molar-refractivity contribution in [2.75, 3.05) is 18.1 Å². The molecule has 2 N–H and O–H groups in total. The monoisotopic (exact) mass is 293 g/mol. The topological polar surface area (TPSA) is 54.0 Å². The lowest BCUT2D eigenvalue weighted by molar-refractivity contribution is 0.0923. The summed E-state index contributed by atoms with van der Waals surface area (Å²) in [6.45, 7) is 2.81. The van der Waals surface area contributed by atoms with Crippen molar-refractivity contribution in [1.29, 1.82) is 0 Å². The summed E-state index contributed by atoms with van der Waals surface area (Å²) in [6.07, 6.45) is 6.70. The number of carbonyl (C=O) groups is 1. The molecule has 0 aliphatic heterocycles. The summed E-state index contributed by atoms with van der Waals surface area (Å²) in [5, 5.41) is 7.00. The molecule has 1 aliphatic rings. The van der Waals surface area contributed by atoms with E-state index in [4.69, 9.17) is 0 Å². The fourth-order valence-corrected chi connectivity index (χ4v) is 3.29. The van der Waals surface area contributed by atoms with Gasteiger partial charge < -0.3 is 10.6 Å². The normalized spacial score (nSPS) is 22.3. The van der Waals surface area contributed by atoms with Gasteiger partial charge in [-0.3, -0.25) is 4.79 Å². The highest BCUT2D eigenvalue weighted by atomic mass is 32.2. The average molecular weight is 293 g/mol. The number of anilines is 1. The highest BCUT2D eigenvalue weighted by Crippen LogP contribution is 2.26. The lowest BCUT2D eigenvalue weighted by atomic mass is 9.95. The molecule has 0 unspecified atom stereocenters. The van der Waals surface area contributed by atoms with Crippen LogP contribution < -0.4 is 10.6 Å². The number of hydrogen-bond acceptors (Lipinski definition) is 4. The number of thioether (sulfide) groups is 1. The molecular weight excluding hydrogens is 270 g/mol. The third-order valence-electron chi connectivity index (χ3n) is 3.68. The van der Waals surface area contributed by atoms with Gasteiger partial charge in [-0.25, -0.2) is 4.98 Å². The van der Waals surface area contributed by atoms with Crippen molar-refractivity contribution in [1.82, 2.24) is 10.3 Å². The van der Waals surface area contributed by atoms with Gasteiger partial charge in [-0.1, -0.05) is 6.07 Å². The number of pyridine rings is 1. The molecular formula is C15H23N3OS. The molecule has 1 fully saturated rings. The number of rotatable bonds is 5. The zero-order valence-corrected chi connectivity index (χ0v) is 13.0. The van der Waals surface area contributed by atoms with Crippen molar-refractivity contribution in [3.63, 3.8) is 0 Å². The molecule has 110 valence electrons. The number of nitrogens with one attached hydrogen (secondary N) is 2. The Morgan fingerprint density at radius 1 is 1.35 bits per heavy atom. The van der Waals surface area contributed by atoms with Gasteiger partial charge >= 0.3 is 0 Å². The fraction of sp³-hybridized carbons (Fsp3) is 0.600. The van der Waals surface area contributed by atoms with Crippen molar-refractivity contribution in [3.8, 4) is 0 Å². The maximum Gasteiger partial charge on any atom is 0.270 e. The zero-order chi connectivity index (χ0) is 14.4. The summed E-state index contributed by atoms with van der Waals surface area (Å²) in [4.78, 5) is 16.5. The van der Waals surface area contributed by atoms with Gasteiger partial charge in [0.05, 0.1) is 0 Å². The van der Waals surface area contributed by atoms with Gasteiger partial charge in [-0.2, -0.15) is 11.8 Å². The Labute approximate surface area is 125 Å². The molecule has 0 spiro atoms. The molecule has 1 aromatic heterocycles. The molecule has 0 aromatic carbocycles. The van der Waals surface area contributed by atoms with E-state index in [0.29, 0.717) is 11.7 Å². The third kappa shape index (κ3) is 4.13. The molecule has 5 heteroatoms. The second-order valence-corrected chi connectivity index (χ2v) is 6.26. The predicted molar refractivity (Wildman–Crippen MR) is 85.4 cm³/mol. The Kier molecular flexibility index (Phi) is 5.71. The number of aromatic nitrogens is 1. The van der Waals surface area contributed by atoms with Crippen molar-refractivity contribution in [2.24, 2.45) is 0 Å². The van der Waals surface area contributed by atoms with Crippen LogP contribution in [-0.4, -0.2) is 35.0 Å². The second kappa shape index (κ2) is 7.53. The van der Waals surface area contributed by atoms with E-state index in [1.165, 1.54) is 12.8 Å². The summed E-state index contributed by atoms with van der Waals surface area (Å²) < 4.78 is 0. The molecule has 20 heavy (non-hydrogen) atoms. The molecule has 2 rings (SSSR count). The van der Waals surface area contributed by atoms with Crippen LogP contribution in [0.25, 0.3) is 0 Å². The minimum atomic E-state index is -0.0580. The molecule has 1 aromatic rings. The van der Waals surface area contributed by atoms with Crippen LogP contribution in [0.1, 0.15) is 43.1 Å². The SMILES string of the molecule is CCNc1cccc(C(=O)NC2CCC(SC)CC2)n1. The van der Waals surface area contributed by atoms with Gasteiger partial charge in [0.2, 0.25) is 0 Å². The van der Waals surface area contributed by atoms with Gasteiger partial charge in [0, 0.05) is 17.8 Å². The van der Waals surface area contributed by atoms with Crippen molar-refractivity contribution >= 4 is 23.5 Å². The Morgan fingerprint density at radius 2 is 2.10 bits per heavy atom. The largest absolute Gasteiger partial charge is 0.370 e. The minimum Gasteiger partial charge on any atom is -0.370 e. The zero-order valence-electron chi connectivity index (χ0n) is 12.2. The summed E-state index contributed by atoms with van der Waals surface area (Å²) in [5.41, 5.74) is 0.496. The predicted octanol–water partition coefficient (Wildman–Crippen LogP) is 2.92. The van der Waals surface area contributed by atoms with Crippen molar-refractivity contribution < 1.29 is 4.79 Å². The fourth-order valence-electron chi connectivity index (χ4n) is 2.54. The maximum absolute atomic E-state index is 12.2. The van der Waals surface area contributed by atoms with E-state index in [1.807, 2.05) is 30.8 Å². The summed E-state index contributed by atoms with van der Waals surface area (Å²) >= 11 is 1.94. The van der Waals surface area contributed by atoms with Crippen LogP contribution >= 0.6 is 11.8 Å². The molecule has 1 amide bonds. The van der Waals surface area contributed by atoms with Crippen LogP contribution in [0.4, 0.5) is 5.82 Å². The molecule has 0 atom stereocenters. The van der Waals surface area contributed by atoms with Crippen LogP contribution in [-0.2, 0) is 0 Å². The third-order valence-corrected chi connectivity index (χ3v) is 4.82. The lowest BCUT2D eigenvalue weighted by Crippen LogP contribution is -2.38. The van der Waals surface area contributed by atoms with E-state index < -0.39 is 0 Å². The second-order valence-electron chi connectivity index (χ2n) is 5.12. The van der Waals surface area contributed by atoms with Gasteiger partial charge in [0.25, 0.3) is 5.91 Å². The first-order valence-electron chi connectivity index (χ1n) is 7.27. The first-order chi connectivity index (χ1) is 9.72. The molecule has 0 radical (unpaired) electrons. The summed E-state index contributed by atoms with van der Waals surface area (Å²) in [6, 6.07) is 5.81. The Balaban J connectivity index is 1.90. The van der Waals surface area contributed by atoms with Crippen molar-refractivity contribution in [3.05, 3.63) is 23.9 Å². The first-order valence-corrected chi connectivity index (χ1v) is 8.56. The van der Waals surface area contributed by atoms with Gasteiger partial charge in [-0.05, 0) is 51.0 Å². The van der Waals surface area contributed by atoms with Gasteiger partial charge in [0.15, 0.2) is 0 Å². The number of amides is 1. The average Bonchev–Trinajstić information content (AvgIpc) is 2.48. The van der Waals surface area contributed by atoms with Crippen LogP contribution in [0.15, 0.2) is 18.2 Å². The van der Waals surface area contributed by atoms with Gasteiger partial charge in [0.1, 0.15) is 11.5 Å². The van der Waals surface area contributed by atoms with Crippen LogP contribution in [0.5, 0.6) is 0 Å². The van der Waals surface area contributed by atoms with Crippen LogP contribution in [0.3, 0.4) is 0 Å². The highest BCUT2D eigenvalue weighted by molar-refractivity contribution is 7.99. The van der Waals surface area contributed by atoms with Crippen molar-refractivity contribution in [2.45, 2.75) is 43.9 Å². The summed E-state index contributed by atoms with van der Waals surface area (Å²) in [7, 11) is 0. The Bertz CT molecular complexity index is 444.